The Labute approximate surface area is 118 Å². The van der Waals surface area contributed by atoms with Gasteiger partial charge in [-0.3, -0.25) is 4.79 Å². The van der Waals surface area contributed by atoms with E-state index < -0.39 is 5.97 Å². The third kappa shape index (κ3) is 4.91. The summed E-state index contributed by atoms with van der Waals surface area (Å²) in [5.41, 5.74) is 0.898. The SMILES string of the molecule is CCCC(C)NC(=O)COC(=O)c1ccc(C)c(O)c1. The van der Waals surface area contributed by atoms with Gasteiger partial charge in [-0.05, 0) is 38.0 Å². The van der Waals surface area contributed by atoms with Crippen molar-refractivity contribution in [2.75, 3.05) is 6.61 Å². The molecule has 5 heteroatoms. The summed E-state index contributed by atoms with van der Waals surface area (Å²) in [6.07, 6.45) is 1.86. The van der Waals surface area contributed by atoms with Crippen molar-refractivity contribution < 1.29 is 19.4 Å². The van der Waals surface area contributed by atoms with Crippen LogP contribution in [0.25, 0.3) is 0 Å². The van der Waals surface area contributed by atoms with Crippen molar-refractivity contribution in [1.29, 1.82) is 0 Å². The van der Waals surface area contributed by atoms with Gasteiger partial charge in [0.25, 0.3) is 5.91 Å². The quantitative estimate of drug-likeness (QED) is 0.782. The molecule has 5 nitrogen and oxygen atoms in total. The smallest absolute Gasteiger partial charge is 0.338 e. The molecule has 1 atom stereocenters. The Hall–Kier alpha value is -2.04. The van der Waals surface area contributed by atoms with Gasteiger partial charge in [-0.1, -0.05) is 19.4 Å². The normalized spacial score (nSPS) is 11.8. The molecule has 1 unspecified atom stereocenters. The zero-order valence-electron chi connectivity index (χ0n) is 12.1. The number of benzene rings is 1. The van der Waals surface area contributed by atoms with Crippen LogP contribution in [0.4, 0.5) is 0 Å². The van der Waals surface area contributed by atoms with E-state index in [2.05, 4.69) is 5.32 Å². The first-order valence-electron chi connectivity index (χ1n) is 6.70. The lowest BCUT2D eigenvalue weighted by molar-refractivity contribution is -0.124. The van der Waals surface area contributed by atoms with Gasteiger partial charge in [0, 0.05) is 6.04 Å². The highest BCUT2D eigenvalue weighted by atomic mass is 16.5. The Bertz CT molecular complexity index is 485. The highest BCUT2D eigenvalue weighted by molar-refractivity contribution is 5.91. The average Bonchev–Trinajstić information content (AvgIpc) is 2.39. The van der Waals surface area contributed by atoms with Crippen molar-refractivity contribution in [1.82, 2.24) is 5.32 Å². The fourth-order valence-corrected chi connectivity index (χ4v) is 1.77. The highest BCUT2D eigenvalue weighted by Gasteiger charge is 2.12. The van der Waals surface area contributed by atoms with E-state index in [-0.39, 0.29) is 29.9 Å². The van der Waals surface area contributed by atoms with Crippen LogP contribution in [0.2, 0.25) is 0 Å². The lowest BCUT2D eigenvalue weighted by Crippen LogP contribution is -2.35. The molecule has 0 saturated carbocycles. The molecule has 0 heterocycles. The predicted octanol–water partition coefficient (Wildman–Crippen LogP) is 2.16. The van der Waals surface area contributed by atoms with Crippen molar-refractivity contribution in [2.24, 2.45) is 0 Å². The Morgan fingerprint density at radius 1 is 1.40 bits per heavy atom. The highest BCUT2D eigenvalue weighted by Crippen LogP contribution is 2.17. The second-order valence-electron chi connectivity index (χ2n) is 4.83. The Morgan fingerprint density at radius 3 is 2.70 bits per heavy atom. The van der Waals surface area contributed by atoms with Crippen LogP contribution in [-0.2, 0) is 9.53 Å². The van der Waals surface area contributed by atoms with Gasteiger partial charge in [-0.15, -0.1) is 0 Å². The van der Waals surface area contributed by atoms with Crippen molar-refractivity contribution in [3.8, 4) is 5.75 Å². The van der Waals surface area contributed by atoms with Crippen molar-refractivity contribution in [2.45, 2.75) is 39.7 Å². The topological polar surface area (TPSA) is 75.6 Å². The summed E-state index contributed by atoms with van der Waals surface area (Å²) in [6, 6.07) is 4.56. The zero-order valence-corrected chi connectivity index (χ0v) is 12.1. The van der Waals surface area contributed by atoms with E-state index in [1.165, 1.54) is 6.07 Å². The molecule has 0 aliphatic heterocycles. The van der Waals surface area contributed by atoms with E-state index in [9.17, 15) is 14.7 Å². The van der Waals surface area contributed by atoms with E-state index in [1.54, 1.807) is 19.1 Å². The molecular formula is C15H21NO4. The summed E-state index contributed by atoms with van der Waals surface area (Å²) >= 11 is 0. The molecule has 110 valence electrons. The number of carbonyl (C=O) groups excluding carboxylic acids is 2. The maximum absolute atomic E-state index is 11.7. The number of esters is 1. The summed E-state index contributed by atoms with van der Waals surface area (Å²) in [6.45, 7) is 5.35. The first-order chi connectivity index (χ1) is 9.43. The molecule has 2 N–H and O–H groups in total. The summed E-state index contributed by atoms with van der Waals surface area (Å²) in [4.78, 5) is 23.3. The molecule has 0 saturated heterocycles. The lowest BCUT2D eigenvalue weighted by Gasteiger charge is -2.12. The summed E-state index contributed by atoms with van der Waals surface area (Å²) in [5.74, 6) is -0.922. The predicted molar refractivity (Wildman–Crippen MR) is 75.6 cm³/mol. The average molecular weight is 279 g/mol. The Kier molecular flexibility index (Phi) is 6.03. The molecule has 0 fully saturated rings. The third-order valence-electron chi connectivity index (χ3n) is 2.91. The second-order valence-corrected chi connectivity index (χ2v) is 4.83. The lowest BCUT2D eigenvalue weighted by atomic mass is 10.1. The van der Waals surface area contributed by atoms with Gasteiger partial charge in [-0.2, -0.15) is 0 Å². The van der Waals surface area contributed by atoms with Crippen LogP contribution in [0.15, 0.2) is 18.2 Å². The van der Waals surface area contributed by atoms with E-state index in [0.29, 0.717) is 5.56 Å². The Morgan fingerprint density at radius 2 is 2.10 bits per heavy atom. The van der Waals surface area contributed by atoms with Crippen LogP contribution in [0.1, 0.15) is 42.6 Å². The maximum atomic E-state index is 11.7. The van der Waals surface area contributed by atoms with Crippen LogP contribution in [-0.4, -0.2) is 29.6 Å². The number of aromatic hydroxyl groups is 1. The molecule has 1 amide bonds. The summed E-state index contributed by atoms with van der Waals surface area (Å²) in [5, 5.41) is 12.3. The zero-order chi connectivity index (χ0) is 15.1. The molecule has 0 bridgehead atoms. The minimum atomic E-state index is -0.626. The molecule has 0 aliphatic carbocycles. The van der Waals surface area contributed by atoms with E-state index in [4.69, 9.17) is 4.74 Å². The second kappa shape index (κ2) is 7.53. The van der Waals surface area contributed by atoms with E-state index in [1.807, 2.05) is 13.8 Å². The number of ether oxygens (including phenoxy) is 1. The van der Waals surface area contributed by atoms with E-state index in [0.717, 1.165) is 12.8 Å². The number of amides is 1. The summed E-state index contributed by atoms with van der Waals surface area (Å²) < 4.78 is 4.90. The first kappa shape index (κ1) is 16.0. The number of rotatable bonds is 6. The summed E-state index contributed by atoms with van der Waals surface area (Å²) in [7, 11) is 0. The number of phenolic OH excluding ortho intramolecular Hbond substituents is 1. The van der Waals surface area contributed by atoms with Crippen LogP contribution in [0.5, 0.6) is 5.75 Å². The van der Waals surface area contributed by atoms with Crippen molar-refractivity contribution in [3.05, 3.63) is 29.3 Å². The number of hydrogen-bond donors (Lipinski definition) is 2. The standard InChI is InChI=1S/C15H21NO4/c1-4-5-11(3)16-14(18)9-20-15(19)12-7-6-10(2)13(17)8-12/h6-8,11,17H,4-5,9H2,1-3H3,(H,16,18). The van der Waals surface area contributed by atoms with Gasteiger partial charge in [0.2, 0.25) is 0 Å². The Balaban J connectivity index is 2.46. The molecule has 0 spiro atoms. The van der Waals surface area contributed by atoms with Crippen LogP contribution < -0.4 is 5.32 Å². The first-order valence-corrected chi connectivity index (χ1v) is 6.70. The number of hydrogen-bond acceptors (Lipinski definition) is 4. The van der Waals surface area contributed by atoms with Gasteiger partial charge < -0.3 is 15.2 Å². The molecule has 1 rings (SSSR count). The van der Waals surface area contributed by atoms with Gasteiger partial charge >= 0.3 is 5.97 Å². The minimum absolute atomic E-state index is 0.0282. The largest absolute Gasteiger partial charge is 0.508 e. The van der Waals surface area contributed by atoms with Gasteiger partial charge in [0.15, 0.2) is 6.61 Å². The van der Waals surface area contributed by atoms with Crippen LogP contribution in [0.3, 0.4) is 0 Å². The fourth-order valence-electron chi connectivity index (χ4n) is 1.77. The number of aryl methyl sites for hydroxylation is 1. The van der Waals surface area contributed by atoms with Gasteiger partial charge in [0.05, 0.1) is 5.56 Å². The monoisotopic (exact) mass is 279 g/mol. The molecule has 20 heavy (non-hydrogen) atoms. The van der Waals surface area contributed by atoms with E-state index >= 15 is 0 Å². The molecular weight excluding hydrogens is 258 g/mol. The maximum Gasteiger partial charge on any atom is 0.338 e. The fraction of sp³-hybridized carbons (Fsp3) is 0.467. The van der Waals surface area contributed by atoms with Crippen LogP contribution >= 0.6 is 0 Å². The molecule has 1 aromatic rings. The molecule has 0 aromatic heterocycles. The number of phenols is 1. The van der Waals surface area contributed by atoms with Gasteiger partial charge in [-0.25, -0.2) is 4.79 Å². The van der Waals surface area contributed by atoms with Crippen LogP contribution in [0, 0.1) is 6.92 Å². The molecule has 1 aromatic carbocycles. The van der Waals surface area contributed by atoms with Gasteiger partial charge in [0.1, 0.15) is 5.75 Å². The van der Waals surface area contributed by atoms with Crippen molar-refractivity contribution in [3.63, 3.8) is 0 Å². The number of carbonyl (C=O) groups is 2. The number of nitrogens with one attached hydrogen (secondary N) is 1. The molecule has 0 aliphatic rings. The van der Waals surface area contributed by atoms with Crippen molar-refractivity contribution >= 4 is 11.9 Å². The third-order valence-corrected chi connectivity index (χ3v) is 2.91. The minimum Gasteiger partial charge on any atom is -0.508 e. The molecule has 0 radical (unpaired) electrons.